The lowest BCUT2D eigenvalue weighted by Gasteiger charge is -2.35. The minimum atomic E-state index is 0. The van der Waals surface area contributed by atoms with Gasteiger partial charge in [-0.05, 0) is 34.7 Å². The summed E-state index contributed by atoms with van der Waals surface area (Å²) in [6.45, 7) is 2.72. The van der Waals surface area contributed by atoms with E-state index in [2.05, 4.69) is 22.6 Å². The summed E-state index contributed by atoms with van der Waals surface area (Å²) < 4.78 is 0.955. The highest BCUT2D eigenvalue weighted by Crippen LogP contribution is 2.15. The number of benzene rings is 1. The summed E-state index contributed by atoms with van der Waals surface area (Å²) in [6, 6.07) is 7.56. The Bertz CT molecular complexity index is 505. The van der Waals surface area contributed by atoms with Crippen molar-refractivity contribution >= 4 is 46.8 Å². The molecule has 0 aliphatic carbocycles. The van der Waals surface area contributed by atoms with E-state index in [1.54, 1.807) is 4.90 Å². The van der Waals surface area contributed by atoms with Crippen LogP contribution >= 0.6 is 35.0 Å². The summed E-state index contributed by atoms with van der Waals surface area (Å²) in [5.41, 5.74) is 6.12. The average Bonchev–Trinajstić information content (AvgIpc) is 2.47. The van der Waals surface area contributed by atoms with Gasteiger partial charge in [-0.1, -0.05) is 12.1 Å². The Morgan fingerprint density at radius 2 is 1.67 bits per heavy atom. The summed E-state index contributed by atoms with van der Waals surface area (Å²) in [7, 11) is 0. The van der Waals surface area contributed by atoms with Gasteiger partial charge in [0.05, 0.1) is 5.56 Å². The van der Waals surface area contributed by atoms with Crippen molar-refractivity contribution in [3.8, 4) is 0 Å². The lowest BCUT2D eigenvalue weighted by Crippen LogP contribution is -2.51. The second-order valence-corrected chi connectivity index (χ2v) is 5.85. The van der Waals surface area contributed by atoms with Crippen molar-refractivity contribution in [1.82, 2.24) is 9.80 Å². The Kier molecular flexibility index (Phi) is 7.41. The molecule has 0 saturated carbocycles. The minimum absolute atomic E-state index is 0. The molecule has 2 amide bonds. The summed E-state index contributed by atoms with van der Waals surface area (Å²) in [5, 5.41) is 0. The molecule has 5 nitrogen and oxygen atoms in total. The van der Waals surface area contributed by atoms with Crippen molar-refractivity contribution < 1.29 is 9.59 Å². The van der Waals surface area contributed by atoms with Gasteiger partial charge in [-0.15, -0.1) is 12.4 Å². The van der Waals surface area contributed by atoms with Gasteiger partial charge in [0.15, 0.2) is 0 Å². The molecule has 1 aromatic carbocycles. The zero-order chi connectivity index (χ0) is 14.5. The van der Waals surface area contributed by atoms with E-state index in [0.717, 1.165) is 9.13 Å². The molecule has 0 spiro atoms. The van der Waals surface area contributed by atoms with E-state index < -0.39 is 0 Å². The van der Waals surface area contributed by atoms with E-state index in [1.807, 2.05) is 29.2 Å². The molecule has 1 heterocycles. The van der Waals surface area contributed by atoms with Crippen LogP contribution in [0.3, 0.4) is 0 Å². The Balaban J connectivity index is 0.00000220. The van der Waals surface area contributed by atoms with Gasteiger partial charge in [0.2, 0.25) is 5.91 Å². The maximum atomic E-state index is 12.4. The fraction of sp³-hybridized carbons (Fsp3) is 0.429. The van der Waals surface area contributed by atoms with Crippen molar-refractivity contribution in [3.63, 3.8) is 0 Å². The average molecular weight is 424 g/mol. The van der Waals surface area contributed by atoms with Crippen LogP contribution in [0.5, 0.6) is 0 Å². The second-order valence-electron chi connectivity index (χ2n) is 4.69. The molecule has 21 heavy (non-hydrogen) atoms. The highest BCUT2D eigenvalue weighted by molar-refractivity contribution is 14.1. The van der Waals surface area contributed by atoms with Crippen molar-refractivity contribution in [3.05, 3.63) is 33.4 Å². The topological polar surface area (TPSA) is 66.6 Å². The zero-order valence-corrected chi connectivity index (χ0v) is 14.6. The molecule has 0 radical (unpaired) electrons. The third kappa shape index (κ3) is 4.55. The quantitative estimate of drug-likeness (QED) is 0.746. The third-order valence-corrected chi connectivity index (χ3v) is 4.32. The van der Waals surface area contributed by atoms with Crippen LogP contribution < -0.4 is 5.73 Å². The molecule has 1 fully saturated rings. The molecule has 1 saturated heterocycles. The first kappa shape index (κ1) is 18.2. The Morgan fingerprint density at radius 1 is 1.10 bits per heavy atom. The molecule has 1 aromatic rings. The van der Waals surface area contributed by atoms with Crippen molar-refractivity contribution in [2.45, 2.75) is 6.42 Å². The van der Waals surface area contributed by atoms with Gasteiger partial charge in [0.25, 0.3) is 5.91 Å². The van der Waals surface area contributed by atoms with Gasteiger partial charge in [0, 0.05) is 42.7 Å². The lowest BCUT2D eigenvalue weighted by atomic mass is 10.2. The summed E-state index contributed by atoms with van der Waals surface area (Å²) in [5.74, 6) is 0.120. The van der Waals surface area contributed by atoms with Crippen LogP contribution in [0.4, 0.5) is 0 Å². The molecule has 1 aliphatic rings. The molecule has 0 atom stereocenters. The Hall–Kier alpha value is -0.860. The fourth-order valence-corrected chi connectivity index (χ4v) is 2.86. The normalized spacial score (nSPS) is 14.6. The molecule has 2 N–H and O–H groups in total. The van der Waals surface area contributed by atoms with Crippen molar-refractivity contribution in [2.75, 3.05) is 32.7 Å². The van der Waals surface area contributed by atoms with Crippen LogP contribution in [0.25, 0.3) is 0 Å². The highest BCUT2D eigenvalue weighted by Gasteiger charge is 2.25. The molecular weight excluding hydrogens is 405 g/mol. The number of carbonyl (C=O) groups excluding carboxylic acids is 2. The molecule has 0 bridgehead atoms. The highest BCUT2D eigenvalue weighted by atomic mass is 127. The van der Waals surface area contributed by atoms with Crippen LogP contribution in [0.2, 0.25) is 0 Å². The van der Waals surface area contributed by atoms with Gasteiger partial charge in [-0.25, -0.2) is 0 Å². The van der Waals surface area contributed by atoms with Crippen LogP contribution in [0.1, 0.15) is 16.8 Å². The number of hydrogen-bond acceptors (Lipinski definition) is 3. The smallest absolute Gasteiger partial charge is 0.255 e. The number of nitrogens with zero attached hydrogens (tertiary/aromatic N) is 2. The number of hydrogen-bond donors (Lipinski definition) is 1. The maximum Gasteiger partial charge on any atom is 0.255 e. The van der Waals surface area contributed by atoms with E-state index in [-0.39, 0.29) is 24.2 Å². The number of amides is 2. The predicted octanol–water partition coefficient (Wildman–Crippen LogP) is 1.35. The Labute approximate surface area is 144 Å². The molecule has 2 rings (SSSR count). The lowest BCUT2D eigenvalue weighted by molar-refractivity contribution is -0.132. The molecule has 0 aromatic heterocycles. The standard InChI is InChI=1S/C14H18IN3O2.ClH/c15-12-4-2-1-3-11(12)14(20)18-9-7-17(8-10-18)13(19)5-6-16;/h1-4H,5-10,16H2;1H. The molecule has 1 aliphatic heterocycles. The zero-order valence-electron chi connectivity index (χ0n) is 11.6. The van der Waals surface area contributed by atoms with Crippen LogP contribution in [0.15, 0.2) is 24.3 Å². The first-order chi connectivity index (χ1) is 9.63. The maximum absolute atomic E-state index is 12.4. The number of piperazine rings is 1. The molecular formula is C14H19ClIN3O2. The van der Waals surface area contributed by atoms with E-state index in [9.17, 15) is 9.59 Å². The van der Waals surface area contributed by atoms with Crippen LogP contribution in [-0.4, -0.2) is 54.3 Å². The first-order valence-electron chi connectivity index (χ1n) is 6.65. The summed E-state index contributed by atoms with van der Waals surface area (Å²) >= 11 is 2.17. The first-order valence-corrected chi connectivity index (χ1v) is 7.73. The van der Waals surface area contributed by atoms with Crippen LogP contribution in [0, 0.1) is 3.57 Å². The number of carbonyl (C=O) groups is 2. The monoisotopic (exact) mass is 423 g/mol. The van der Waals surface area contributed by atoms with Gasteiger partial charge in [-0.3, -0.25) is 9.59 Å². The number of halogens is 2. The number of rotatable bonds is 3. The van der Waals surface area contributed by atoms with E-state index >= 15 is 0 Å². The third-order valence-electron chi connectivity index (χ3n) is 3.38. The largest absolute Gasteiger partial charge is 0.339 e. The predicted molar refractivity (Wildman–Crippen MR) is 92.6 cm³/mol. The second kappa shape index (κ2) is 8.55. The number of nitrogens with two attached hydrogens (primary N) is 1. The van der Waals surface area contributed by atoms with Gasteiger partial charge >= 0.3 is 0 Å². The van der Waals surface area contributed by atoms with E-state index in [1.165, 1.54) is 0 Å². The Morgan fingerprint density at radius 3 is 2.24 bits per heavy atom. The fourth-order valence-electron chi connectivity index (χ4n) is 2.25. The van der Waals surface area contributed by atoms with Crippen LogP contribution in [-0.2, 0) is 4.79 Å². The summed E-state index contributed by atoms with van der Waals surface area (Å²) in [6.07, 6.45) is 0.379. The van der Waals surface area contributed by atoms with Gasteiger partial charge in [0.1, 0.15) is 0 Å². The van der Waals surface area contributed by atoms with E-state index in [0.29, 0.717) is 39.1 Å². The van der Waals surface area contributed by atoms with Gasteiger partial charge in [-0.2, -0.15) is 0 Å². The SMILES string of the molecule is Cl.NCCC(=O)N1CCN(C(=O)c2ccccc2I)CC1. The van der Waals surface area contributed by atoms with Gasteiger partial charge < -0.3 is 15.5 Å². The minimum Gasteiger partial charge on any atom is -0.339 e. The van der Waals surface area contributed by atoms with Crippen molar-refractivity contribution in [1.29, 1.82) is 0 Å². The van der Waals surface area contributed by atoms with Crippen molar-refractivity contribution in [2.24, 2.45) is 5.73 Å². The molecule has 116 valence electrons. The van der Waals surface area contributed by atoms with E-state index in [4.69, 9.17) is 5.73 Å². The molecule has 7 heteroatoms. The summed E-state index contributed by atoms with van der Waals surface area (Å²) in [4.78, 5) is 27.8. The molecule has 0 unspecified atom stereocenters.